The van der Waals surface area contributed by atoms with Gasteiger partial charge in [-0.05, 0) is 29.8 Å². The van der Waals surface area contributed by atoms with Gasteiger partial charge in [0, 0.05) is 18.2 Å². The van der Waals surface area contributed by atoms with E-state index in [9.17, 15) is 13.2 Å². The highest BCUT2D eigenvalue weighted by molar-refractivity contribution is 5.92. The van der Waals surface area contributed by atoms with Crippen molar-refractivity contribution in [1.29, 1.82) is 0 Å². The first kappa shape index (κ1) is 18.7. The molecule has 0 aliphatic carbocycles. The first-order valence-corrected chi connectivity index (χ1v) is 8.20. The van der Waals surface area contributed by atoms with Crippen LogP contribution in [0.3, 0.4) is 0 Å². The molecule has 0 unspecified atom stereocenters. The third-order valence-corrected chi connectivity index (χ3v) is 3.61. The first-order valence-electron chi connectivity index (χ1n) is 8.20. The number of guanidine groups is 1. The van der Waals surface area contributed by atoms with Gasteiger partial charge >= 0.3 is 6.36 Å². The highest BCUT2D eigenvalue weighted by Gasteiger charge is 2.30. The quantitative estimate of drug-likeness (QED) is 0.624. The second-order valence-electron chi connectivity index (χ2n) is 5.73. The number of hydrogen-bond donors (Lipinski definition) is 2. The van der Waals surface area contributed by atoms with Crippen LogP contribution in [0.5, 0.6) is 17.2 Å². The zero-order chi connectivity index (χ0) is 19.3. The van der Waals surface area contributed by atoms with Crippen LogP contribution in [0.4, 0.5) is 18.9 Å². The van der Waals surface area contributed by atoms with E-state index in [-0.39, 0.29) is 18.3 Å². The van der Waals surface area contributed by atoms with Crippen LogP contribution in [0.1, 0.15) is 12.0 Å². The number of nitrogens with two attached hydrogens (primary N) is 1. The SMILES string of the molecule is NC(=NCc1ccc(OC(F)(F)F)cc1)Nc1ccc2c(c1)OCCCO2. The van der Waals surface area contributed by atoms with E-state index in [2.05, 4.69) is 15.0 Å². The van der Waals surface area contributed by atoms with Crippen molar-refractivity contribution in [2.24, 2.45) is 10.7 Å². The summed E-state index contributed by atoms with van der Waals surface area (Å²) in [5, 5.41) is 2.94. The van der Waals surface area contributed by atoms with Gasteiger partial charge in [-0.2, -0.15) is 0 Å². The minimum absolute atomic E-state index is 0.167. The van der Waals surface area contributed by atoms with Gasteiger partial charge in [-0.25, -0.2) is 4.99 Å². The molecular formula is C18H18F3N3O3. The third kappa shape index (κ3) is 5.70. The van der Waals surface area contributed by atoms with Gasteiger partial charge in [0.25, 0.3) is 0 Å². The van der Waals surface area contributed by atoms with Crippen molar-refractivity contribution >= 4 is 11.6 Å². The number of hydrogen-bond acceptors (Lipinski definition) is 4. The number of benzene rings is 2. The van der Waals surface area contributed by atoms with Crippen LogP contribution in [0, 0.1) is 0 Å². The van der Waals surface area contributed by atoms with E-state index >= 15 is 0 Å². The predicted octanol–water partition coefficient (Wildman–Crippen LogP) is 3.67. The van der Waals surface area contributed by atoms with Crippen LogP contribution >= 0.6 is 0 Å². The molecule has 0 amide bonds. The molecule has 6 nitrogen and oxygen atoms in total. The molecule has 3 rings (SSSR count). The molecule has 144 valence electrons. The fraction of sp³-hybridized carbons (Fsp3) is 0.278. The first-order chi connectivity index (χ1) is 12.9. The number of nitrogens with one attached hydrogen (secondary N) is 1. The van der Waals surface area contributed by atoms with Gasteiger partial charge in [0.15, 0.2) is 17.5 Å². The molecule has 0 aromatic heterocycles. The zero-order valence-corrected chi connectivity index (χ0v) is 14.3. The maximum Gasteiger partial charge on any atom is 0.573 e. The fourth-order valence-corrected chi connectivity index (χ4v) is 2.40. The van der Waals surface area contributed by atoms with Gasteiger partial charge in [0.2, 0.25) is 0 Å². The van der Waals surface area contributed by atoms with Gasteiger partial charge in [-0.1, -0.05) is 12.1 Å². The summed E-state index contributed by atoms with van der Waals surface area (Å²) in [5.41, 5.74) is 7.24. The van der Waals surface area contributed by atoms with Crippen molar-refractivity contribution in [3.8, 4) is 17.2 Å². The van der Waals surface area contributed by atoms with Crippen molar-refractivity contribution in [2.45, 2.75) is 19.3 Å². The molecule has 0 bridgehead atoms. The molecule has 1 aliphatic heterocycles. The van der Waals surface area contributed by atoms with Crippen LogP contribution in [-0.4, -0.2) is 25.5 Å². The van der Waals surface area contributed by atoms with Gasteiger partial charge < -0.3 is 25.3 Å². The molecule has 0 radical (unpaired) electrons. The molecule has 0 saturated heterocycles. The normalized spacial score (nSPS) is 14.4. The zero-order valence-electron chi connectivity index (χ0n) is 14.3. The van der Waals surface area contributed by atoms with Gasteiger partial charge in [-0.3, -0.25) is 0 Å². The van der Waals surface area contributed by atoms with E-state index in [1.54, 1.807) is 18.2 Å². The highest BCUT2D eigenvalue weighted by Crippen LogP contribution is 2.32. The number of fused-ring (bicyclic) bond motifs is 1. The summed E-state index contributed by atoms with van der Waals surface area (Å²) < 4.78 is 51.4. The molecule has 2 aromatic rings. The Labute approximate surface area is 153 Å². The largest absolute Gasteiger partial charge is 0.573 e. The lowest BCUT2D eigenvalue weighted by molar-refractivity contribution is -0.274. The van der Waals surface area contributed by atoms with Crippen LogP contribution < -0.4 is 25.3 Å². The molecule has 2 aromatic carbocycles. The molecule has 27 heavy (non-hydrogen) atoms. The maximum atomic E-state index is 12.1. The average Bonchev–Trinajstić information content (AvgIpc) is 2.85. The number of alkyl halides is 3. The van der Waals surface area contributed by atoms with Crippen LogP contribution in [0.2, 0.25) is 0 Å². The molecule has 0 spiro atoms. The molecular weight excluding hydrogens is 363 g/mol. The number of halogens is 3. The Kier molecular flexibility index (Phi) is 5.58. The van der Waals surface area contributed by atoms with Crippen molar-refractivity contribution in [3.05, 3.63) is 48.0 Å². The smallest absolute Gasteiger partial charge is 0.490 e. The van der Waals surface area contributed by atoms with Gasteiger partial charge in [0.05, 0.1) is 19.8 Å². The van der Waals surface area contributed by atoms with Crippen LogP contribution in [-0.2, 0) is 6.54 Å². The Morgan fingerprint density at radius 2 is 1.78 bits per heavy atom. The Balaban J connectivity index is 1.59. The monoisotopic (exact) mass is 381 g/mol. The molecule has 0 atom stereocenters. The Hall–Kier alpha value is -3.10. The molecule has 9 heteroatoms. The van der Waals surface area contributed by atoms with Crippen molar-refractivity contribution < 1.29 is 27.4 Å². The Morgan fingerprint density at radius 1 is 1.07 bits per heavy atom. The second kappa shape index (κ2) is 8.07. The minimum atomic E-state index is -4.71. The third-order valence-electron chi connectivity index (χ3n) is 3.61. The summed E-state index contributed by atoms with van der Waals surface area (Å²) in [7, 11) is 0. The van der Waals surface area contributed by atoms with Gasteiger partial charge in [0.1, 0.15) is 5.75 Å². The summed E-state index contributed by atoms with van der Waals surface area (Å²) in [6, 6.07) is 10.8. The standard InChI is InChI=1S/C18H18F3N3O3/c19-18(20,21)27-14-5-2-12(3-6-14)11-23-17(22)24-13-4-7-15-16(10-13)26-9-1-8-25-15/h2-7,10H,1,8-9,11H2,(H3,22,23,24). The maximum absolute atomic E-state index is 12.1. The molecule has 1 heterocycles. The Morgan fingerprint density at radius 3 is 2.48 bits per heavy atom. The lowest BCUT2D eigenvalue weighted by Crippen LogP contribution is -2.22. The summed E-state index contributed by atoms with van der Waals surface area (Å²) in [4.78, 5) is 4.17. The topological polar surface area (TPSA) is 78.1 Å². The van der Waals surface area contributed by atoms with Crippen LogP contribution in [0.25, 0.3) is 0 Å². The number of aliphatic imine (C=N–C) groups is 1. The second-order valence-corrected chi connectivity index (χ2v) is 5.73. The average molecular weight is 381 g/mol. The van der Waals surface area contributed by atoms with Crippen molar-refractivity contribution in [3.63, 3.8) is 0 Å². The summed E-state index contributed by atoms with van der Waals surface area (Å²) in [6.07, 6.45) is -3.90. The molecule has 3 N–H and O–H groups in total. The van der Waals surface area contributed by atoms with E-state index in [0.29, 0.717) is 36.0 Å². The van der Waals surface area contributed by atoms with E-state index in [1.165, 1.54) is 24.3 Å². The number of nitrogens with zero attached hydrogens (tertiary/aromatic N) is 1. The van der Waals surface area contributed by atoms with E-state index in [0.717, 1.165) is 6.42 Å². The molecule has 0 fully saturated rings. The molecule has 1 aliphatic rings. The predicted molar refractivity (Wildman–Crippen MR) is 94.1 cm³/mol. The lowest BCUT2D eigenvalue weighted by Gasteiger charge is -2.11. The number of anilines is 1. The van der Waals surface area contributed by atoms with Gasteiger partial charge in [-0.15, -0.1) is 13.2 Å². The summed E-state index contributed by atoms with van der Waals surface area (Å²) in [5.74, 6) is 1.19. The van der Waals surface area contributed by atoms with E-state index in [4.69, 9.17) is 15.2 Å². The Bertz CT molecular complexity index is 808. The van der Waals surface area contributed by atoms with E-state index < -0.39 is 6.36 Å². The van der Waals surface area contributed by atoms with Crippen molar-refractivity contribution in [2.75, 3.05) is 18.5 Å². The number of rotatable bonds is 4. The highest BCUT2D eigenvalue weighted by atomic mass is 19.4. The van der Waals surface area contributed by atoms with E-state index in [1.807, 2.05) is 0 Å². The lowest BCUT2D eigenvalue weighted by atomic mass is 10.2. The van der Waals surface area contributed by atoms with Crippen molar-refractivity contribution in [1.82, 2.24) is 0 Å². The van der Waals surface area contributed by atoms with Crippen LogP contribution in [0.15, 0.2) is 47.5 Å². The summed E-state index contributed by atoms with van der Waals surface area (Å²) >= 11 is 0. The summed E-state index contributed by atoms with van der Waals surface area (Å²) in [6.45, 7) is 1.39. The fourth-order valence-electron chi connectivity index (χ4n) is 2.40. The minimum Gasteiger partial charge on any atom is -0.490 e. The number of ether oxygens (including phenoxy) is 3. The molecule has 0 saturated carbocycles.